The Kier molecular flexibility index (Phi) is 7.29. The average Bonchev–Trinajstić information content (AvgIpc) is 3.50. The molecule has 1 amide bonds. The SMILES string of the molecule is COc1cccc(OC)c1OCC(O)CNC(=O)c1cc(C)nc2c1cnn2Cc1cccs1. The largest absolute Gasteiger partial charge is 0.493 e. The molecule has 0 saturated carbocycles. The highest BCUT2D eigenvalue weighted by Gasteiger charge is 2.18. The van der Waals surface area contributed by atoms with Gasteiger partial charge in [0.1, 0.15) is 12.7 Å². The Balaban J connectivity index is 1.42. The predicted octanol–water partition coefficient (Wildman–Crippen LogP) is 3.04. The summed E-state index contributed by atoms with van der Waals surface area (Å²) >= 11 is 1.64. The second-order valence-electron chi connectivity index (χ2n) is 7.60. The van der Waals surface area contributed by atoms with Crippen LogP contribution in [0.15, 0.2) is 48.0 Å². The van der Waals surface area contributed by atoms with Crippen LogP contribution in [0.2, 0.25) is 0 Å². The minimum Gasteiger partial charge on any atom is -0.493 e. The molecule has 2 N–H and O–H groups in total. The topological polar surface area (TPSA) is 108 Å². The molecule has 1 aromatic carbocycles. The van der Waals surface area contributed by atoms with E-state index in [9.17, 15) is 9.90 Å². The number of nitrogens with one attached hydrogen (secondary N) is 1. The van der Waals surface area contributed by atoms with E-state index < -0.39 is 6.10 Å². The van der Waals surface area contributed by atoms with Gasteiger partial charge in [-0.1, -0.05) is 12.1 Å². The fourth-order valence-corrected chi connectivity index (χ4v) is 4.22. The summed E-state index contributed by atoms with van der Waals surface area (Å²) in [6, 6.07) is 11.0. The van der Waals surface area contributed by atoms with E-state index in [1.807, 2.05) is 24.4 Å². The summed E-state index contributed by atoms with van der Waals surface area (Å²) in [5.41, 5.74) is 1.81. The summed E-state index contributed by atoms with van der Waals surface area (Å²) in [5.74, 6) is 1.05. The first-order chi connectivity index (χ1) is 16.5. The lowest BCUT2D eigenvalue weighted by Crippen LogP contribution is -2.35. The maximum atomic E-state index is 13.0. The number of para-hydroxylation sites is 1. The lowest BCUT2D eigenvalue weighted by molar-refractivity contribution is 0.0835. The van der Waals surface area contributed by atoms with Gasteiger partial charge in [-0.05, 0) is 36.6 Å². The van der Waals surface area contributed by atoms with Crippen molar-refractivity contribution in [2.75, 3.05) is 27.4 Å². The third-order valence-corrected chi connectivity index (χ3v) is 6.03. The molecule has 0 fully saturated rings. The second-order valence-corrected chi connectivity index (χ2v) is 8.63. The van der Waals surface area contributed by atoms with Crippen molar-refractivity contribution < 1.29 is 24.1 Å². The number of nitrogens with zero attached hydrogens (tertiary/aromatic N) is 3. The highest BCUT2D eigenvalue weighted by molar-refractivity contribution is 7.09. The summed E-state index contributed by atoms with van der Waals surface area (Å²) in [4.78, 5) is 18.7. The first-order valence-corrected chi connectivity index (χ1v) is 11.5. The smallest absolute Gasteiger partial charge is 0.252 e. The maximum absolute atomic E-state index is 13.0. The predicted molar refractivity (Wildman–Crippen MR) is 129 cm³/mol. The molecule has 0 bridgehead atoms. The minimum absolute atomic E-state index is 0.00247. The molecule has 3 heterocycles. The zero-order valence-electron chi connectivity index (χ0n) is 19.1. The molecule has 0 aliphatic heterocycles. The molecule has 34 heavy (non-hydrogen) atoms. The molecule has 9 nitrogen and oxygen atoms in total. The van der Waals surface area contributed by atoms with Gasteiger partial charge in [0.05, 0.1) is 37.9 Å². The van der Waals surface area contributed by atoms with Gasteiger partial charge in [0.15, 0.2) is 17.1 Å². The Morgan fingerprint density at radius 2 is 1.97 bits per heavy atom. The van der Waals surface area contributed by atoms with Gasteiger partial charge in [-0.25, -0.2) is 9.67 Å². The number of amides is 1. The summed E-state index contributed by atoms with van der Waals surface area (Å²) < 4.78 is 18.1. The van der Waals surface area contributed by atoms with Crippen LogP contribution in [0.4, 0.5) is 0 Å². The Bertz CT molecular complexity index is 1250. The van der Waals surface area contributed by atoms with Crippen LogP contribution in [0.25, 0.3) is 11.0 Å². The zero-order valence-corrected chi connectivity index (χ0v) is 20.0. The number of methoxy groups -OCH3 is 2. The number of thiophene rings is 1. The van der Waals surface area contributed by atoms with Gasteiger partial charge in [-0.2, -0.15) is 5.10 Å². The first-order valence-electron chi connectivity index (χ1n) is 10.7. The van der Waals surface area contributed by atoms with Gasteiger partial charge in [0.2, 0.25) is 5.75 Å². The molecule has 0 radical (unpaired) electrons. The van der Waals surface area contributed by atoms with Crippen molar-refractivity contribution in [1.82, 2.24) is 20.1 Å². The molecule has 0 aliphatic carbocycles. The van der Waals surface area contributed by atoms with Crippen LogP contribution >= 0.6 is 11.3 Å². The van der Waals surface area contributed by atoms with Gasteiger partial charge >= 0.3 is 0 Å². The Hall–Kier alpha value is -3.63. The van der Waals surface area contributed by atoms with E-state index in [0.29, 0.717) is 46.1 Å². The molecule has 3 aromatic heterocycles. The fourth-order valence-electron chi connectivity index (χ4n) is 3.53. The highest BCUT2D eigenvalue weighted by Crippen LogP contribution is 2.36. The maximum Gasteiger partial charge on any atom is 0.252 e. The molecule has 0 aliphatic rings. The number of carbonyl (C=O) groups is 1. The van der Waals surface area contributed by atoms with E-state index in [0.717, 1.165) is 4.88 Å². The number of carbonyl (C=O) groups excluding carboxylic acids is 1. The number of aliphatic hydroxyl groups is 1. The molecule has 10 heteroatoms. The standard InChI is InChI=1S/C24H26N4O5S/c1-15-10-18(19-12-26-28(23(19)27-15)13-17-6-5-9-34-17)24(30)25-11-16(29)14-33-22-20(31-2)7-4-8-21(22)32-3/h4-10,12,16,29H,11,13-14H2,1-3H3,(H,25,30). The fraction of sp³-hybridized carbons (Fsp3) is 0.292. The van der Waals surface area contributed by atoms with Gasteiger partial charge in [0.25, 0.3) is 5.91 Å². The number of aryl methyl sites for hydroxylation is 1. The minimum atomic E-state index is -0.946. The van der Waals surface area contributed by atoms with Crippen molar-refractivity contribution in [2.24, 2.45) is 0 Å². The number of aromatic nitrogens is 3. The Morgan fingerprint density at radius 3 is 2.65 bits per heavy atom. The van der Waals surface area contributed by atoms with E-state index in [1.165, 1.54) is 14.2 Å². The number of aliphatic hydroxyl groups excluding tert-OH is 1. The third kappa shape index (κ3) is 5.13. The van der Waals surface area contributed by atoms with Crippen LogP contribution in [-0.4, -0.2) is 59.3 Å². The number of hydrogen-bond donors (Lipinski definition) is 2. The lowest BCUT2D eigenvalue weighted by Gasteiger charge is -2.17. The molecule has 4 rings (SSSR count). The van der Waals surface area contributed by atoms with E-state index in [1.54, 1.807) is 46.5 Å². The van der Waals surface area contributed by atoms with Crippen molar-refractivity contribution in [3.05, 3.63) is 64.1 Å². The van der Waals surface area contributed by atoms with Gasteiger partial charge < -0.3 is 24.6 Å². The Labute approximate surface area is 200 Å². The van der Waals surface area contributed by atoms with Crippen molar-refractivity contribution in [2.45, 2.75) is 19.6 Å². The highest BCUT2D eigenvalue weighted by atomic mass is 32.1. The molecule has 0 spiro atoms. The number of pyridine rings is 1. The monoisotopic (exact) mass is 482 g/mol. The first kappa shape index (κ1) is 23.5. The van der Waals surface area contributed by atoms with Gasteiger partial charge in [-0.3, -0.25) is 4.79 Å². The Morgan fingerprint density at radius 1 is 1.21 bits per heavy atom. The number of fused-ring (bicyclic) bond motifs is 1. The average molecular weight is 483 g/mol. The summed E-state index contributed by atoms with van der Waals surface area (Å²) in [5, 5.41) is 20.3. The molecular formula is C24H26N4O5S. The van der Waals surface area contributed by atoms with Crippen LogP contribution in [0.3, 0.4) is 0 Å². The second kappa shape index (κ2) is 10.5. The van der Waals surface area contributed by atoms with Gasteiger partial charge in [0, 0.05) is 17.1 Å². The molecule has 1 unspecified atom stereocenters. The normalized spacial score (nSPS) is 11.9. The van der Waals surface area contributed by atoms with E-state index >= 15 is 0 Å². The lowest BCUT2D eigenvalue weighted by atomic mass is 10.1. The molecule has 1 atom stereocenters. The number of benzene rings is 1. The molecule has 178 valence electrons. The van der Waals surface area contributed by atoms with Crippen LogP contribution in [0.5, 0.6) is 17.2 Å². The third-order valence-electron chi connectivity index (χ3n) is 5.17. The van der Waals surface area contributed by atoms with Gasteiger partial charge in [-0.15, -0.1) is 11.3 Å². The van der Waals surface area contributed by atoms with Crippen molar-refractivity contribution in [1.29, 1.82) is 0 Å². The van der Waals surface area contributed by atoms with Crippen molar-refractivity contribution in [3.63, 3.8) is 0 Å². The van der Waals surface area contributed by atoms with Crippen molar-refractivity contribution in [3.8, 4) is 17.2 Å². The summed E-state index contributed by atoms with van der Waals surface area (Å²) in [6.07, 6.45) is 0.705. The van der Waals surface area contributed by atoms with E-state index in [4.69, 9.17) is 14.2 Å². The molecule has 4 aromatic rings. The number of ether oxygens (including phenoxy) is 3. The van der Waals surface area contributed by atoms with Crippen LogP contribution in [0.1, 0.15) is 20.9 Å². The van der Waals surface area contributed by atoms with Crippen molar-refractivity contribution >= 4 is 28.3 Å². The summed E-state index contributed by atoms with van der Waals surface area (Å²) in [7, 11) is 3.05. The zero-order chi connectivity index (χ0) is 24.1. The van der Waals surface area contributed by atoms with Crippen LogP contribution < -0.4 is 19.5 Å². The summed E-state index contributed by atoms with van der Waals surface area (Å²) in [6.45, 7) is 2.37. The molecule has 0 saturated heterocycles. The van der Waals surface area contributed by atoms with E-state index in [2.05, 4.69) is 15.4 Å². The van der Waals surface area contributed by atoms with Crippen LogP contribution in [0, 0.1) is 6.92 Å². The van der Waals surface area contributed by atoms with E-state index in [-0.39, 0.29) is 19.1 Å². The van der Waals surface area contributed by atoms with Crippen LogP contribution in [-0.2, 0) is 6.54 Å². The number of hydrogen-bond acceptors (Lipinski definition) is 8. The number of rotatable bonds is 10. The molecular weight excluding hydrogens is 456 g/mol. The quantitative estimate of drug-likeness (QED) is 0.358.